The first kappa shape index (κ1) is 17.8. The number of nitrogen functional groups attached to an aromatic ring is 1. The Kier molecular flexibility index (Phi) is 4.14. The Hall–Kier alpha value is -2.55. The summed E-state index contributed by atoms with van der Waals surface area (Å²) in [4.78, 5) is 13.1. The van der Waals surface area contributed by atoms with Gasteiger partial charge in [-0.05, 0) is 30.9 Å². The highest BCUT2D eigenvalue weighted by Crippen LogP contribution is 2.42. The second-order valence-electron chi connectivity index (χ2n) is 7.10. The number of carbonyl (C=O) groups is 1. The van der Waals surface area contributed by atoms with Gasteiger partial charge in [-0.1, -0.05) is 12.1 Å². The van der Waals surface area contributed by atoms with Crippen LogP contribution in [0.2, 0.25) is 0 Å². The molecule has 144 valence electrons. The third kappa shape index (κ3) is 2.95. The zero-order valence-electron chi connectivity index (χ0n) is 14.5. The zero-order valence-corrected chi connectivity index (χ0v) is 14.5. The van der Waals surface area contributed by atoms with Crippen LogP contribution in [0.4, 0.5) is 24.7 Å². The molecule has 0 amide bonds. The van der Waals surface area contributed by atoms with Crippen molar-refractivity contribution in [2.75, 3.05) is 17.6 Å². The molecule has 6 nitrogen and oxygen atoms in total. The quantitative estimate of drug-likeness (QED) is 0.707. The lowest BCUT2D eigenvalue weighted by molar-refractivity contribution is -0.137. The fourth-order valence-electron chi connectivity index (χ4n) is 3.99. The topological polar surface area (TPSA) is 99.0 Å². The van der Waals surface area contributed by atoms with Gasteiger partial charge in [0.25, 0.3) is 5.91 Å². The maximum Gasteiger partial charge on any atom is 0.418 e. The fraction of sp³-hybridized carbons (Fsp3) is 0.444. The number of hydrogen-bond donors (Lipinski definition) is 3. The number of halogens is 3. The van der Waals surface area contributed by atoms with Gasteiger partial charge >= 0.3 is 6.18 Å². The van der Waals surface area contributed by atoms with Crippen molar-refractivity contribution < 1.29 is 18.0 Å². The van der Waals surface area contributed by atoms with Gasteiger partial charge in [0.1, 0.15) is 5.82 Å². The Morgan fingerprint density at radius 1 is 1.30 bits per heavy atom. The van der Waals surface area contributed by atoms with Gasteiger partial charge in [0.15, 0.2) is 0 Å². The predicted molar refractivity (Wildman–Crippen MR) is 94.6 cm³/mol. The van der Waals surface area contributed by atoms with Crippen molar-refractivity contribution in [2.24, 2.45) is 5.73 Å². The maximum atomic E-state index is 13.3. The molecule has 1 aliphatic heterocycles. The Labute approximate surface area is 153 Å². The monoisotopic (exact) mass is 379 g/mol. The third-order valence-corrected chi connectivity index (χ3v) is 5.35. The van der Waals surface area contributed by atoms with Crippen LogP contribution in [0.5, 0.6) is 0 Å². The average Bonchev–Trinajstić information content (AvgIpc) is 2.95. The second kappa shape index (κ2) is 6.26. The molecule has 27 heavy (non-hydrogen) atoms. The van der Waals surface area contributed by atoms with Crippen molar-refractivity contribution in [2.45, 2.75) is 43.8 Å². The number of hydrogen-bond acceptors (Lipinski definition) is 5. The largest absolute Gasteiger partial charge is 0.418 e. The molecule has 1 aromatic heterocycles. The molecule has 9 heteroatoms. The zero-order chi connectivity index (χ0) is 19.3. The number of alkyl halides is 3. The molecule has 2 aliphatic rings. The molecule has 2 aromatic rings. The molecule has 1 unspecified atom stereocenters. The van der Waals surface area contributed by atoms with E-state index in [2.05, 4.69) is 10.4 Å². The number of aromatic nitrogens is 2. The molecule has 2 heterocycles. The van der Waals surface area contributed by atoms with Crippen LogP contribution < -0.4 is 16.8 Å². The summed E-state index contributed by atoms with van der Waals surface area (Å²) in [5.74, 6) is -0.868. The van der Waals surface area contributed by atoms with Gasteiger partial charge in [-0.25, -0.2) is 0 Å². The standard InChI is InChI=1S/C18H20F3N5O/c19-18(20,21)13-3-1-2-10-11(6-7-24-15(10)13)17(27)26-16(23)12-5-4-9(22)8-14(12)25-26/h1-3,9,11,24H,4-8,22-23H2/t9?,11-/m0/s1. The summed E-state index contributed by atoms with van der Waals surface area (Å²) in [6.07, 6.45) is -2.17. The molecule has 0 saturated heterocycles. The Morgan fingerprint density at radius 2 is 2.07 bits per heavy atom. The van der Waals surface area contributed by atoms with E-state index in [0.717, 1.165) is 22.7 Å². The first-order valence-electron chi connectivity index (χ1n) is 8.87. The van der Waals surface area contributed by atoms with Crippen LogP contribution in [0.1, 0.15) is 45.9 Å². The van der Waals surface area contributed by atoms with Crippen molar-refractivity contribution in [3.8, 4) is 0 Å². The Morgan fingerprint density at radius 3 is 2.81 bits per heavy atom. The van der Waals surface area contributed by atoms with Gasteiger partial charge in [-0.15, -0.1) is 0 Å². The molecule has 2 atom stereocenters. The van der Waals surface area contributed by atoms with E-state index in [1.807, 2.05) is 0 Å². The molecule has 1 aromatic carbocycles. The van der Waals surface area contributed by atoms with Crippen molar-refractivity contribution in [3.05, 3.63) is 40.6 Å². The summed E-state index contributed by atoms with van der Waals surface area (Å²) < 4.78 is 41.1. The number of nitrogens with one attached hydrogen (secondary N) is 1. The third-order valence-electron chi connectivity index (χ3n) is 5.35. The lowest BCUT2D eigenvalue weighted by Crippen LogP contribution is -2.29. The SMILES string of the molecule is Nc1c2c(nn1C(=O)[C@H]1CCNc3c1cccc3C(F)(F)F)CC(N)CC2. The number of rotatable bonds is 1. The summed E-state index contributed by atoms with van der Waals surface area (Å²) >= 11 is 0. The molecular formula is C18H20F3N5O. The molecule has 4 rings (SSSR count). The highest BCUT2D eigenvalue weighted by atomic mass is 19.4. The molecule has 1 aliphatic carbocycles. The molecular weight excluding hydrogens is 359 g/mol. The lowest BCUT2D eigenvalue weighted by atomic mass is 9.88. The van der Waals surface area contributed by atoms with E-state index in [4.69, 9.17) is 11.5 Å². The van der Waals surface area contributed by atoms with Gasteiger partial charge in [0.05, 0.1) is 22.9 Å². The first-order chi connectivity index (χ1) is 12.8. The summed E-state index contributed by atoms with van der Waals surface area (Å²) in [6, 6.07) is 3.87. The highest BCUT2D eigenvalue weighted by molar-refractivity contribution is 5.90. The molecule has 0 radical (unpaired) electrons. The van der Waals surface area contributed by atoms with Gasteiger partial charge in [-0.2, -0.15) is 23.0 Å². The molecule has 0 spiro atoms. The van der Waals surface area contributed by atoms with Gasteiger partial charge in [-0.3, -0.25) is 4.79 Å². The van der Waals surface area contributed by atoms with Gasteiger partial charge in [0, 0.05) is 24.6 Å². The Balaban J connectivity index is 1.74. The van der Waals surface area contributed by atoms with E-state index in [0.29, 0.717) is 30.5 Å². The van der Waals surface area contributed by atoms with E-state index in [1.165, 1.54) is 6.07 Å². The Bertz CT molecular complexity index is 905. The smallest absolute Gasteiger partial charge is 0.384 e. The van der Waals surface area contributed by atoms with E-state index in [-0.39, 0.29) is 24.1 Å². The molecule has 5 N–H and O–H groups in total. The van der Waals surface area contributed by atoms with E-state index >= 15 is 0 Å². The molecule has 0 bridgehead atoms. The molecule has 0 saturated carbocycles. The maximum absolute atomic E-state index is 13.3. The van der Waals surface area contributed by atoms with Crippen LogP contribution in [0.3, 0.4) is 0 Å². The summed E-state index contributed by atoms with van der Waals surface area (Å²) in [5.41, 5.74) is 13.1. The minimum atomic E-state index is -4.50. The molecule has 0 fully saturated rings. The number of carbonyl (C=O) groups excluding carboxylic acids is 1. The number of fused-ring (bicyclic) bond motifs is 2. The lowest BCUT2D eigenvalue weighted by Gasteiger charge is -2.28. The minimum Gasteiger partial charge on any atom is -0.384 e. The minimum absolute atomic E-state index is 0.0238. The summed E-state index contributed by atoms with van der Waals surface area (Å²) in [5, 5.41) is 7.13. The number of nitrogens with two attached hydrogens (primary N) is 2. The normalized spacial score (nSPS) is 21.9. The van der Waals surface area contributed by atoms with Crippen LogP contribution in [-0.4, -0.2) is 28.3 Å². The van der Waals surface area contributed by atoms with E-state index < -0.39 is 23.6 Å². The van der Waals surface area contributed by atoms with Crippen molar-refractivity contribution in [1.82, 2.24) is 9.78 Å². The van der Waals surface area contributed by atoms with E-state index in [9.17, 15) is 18.0 Å². The van der Waals surface area contributed by atoms with Crippen LogP contribution in [0.15, 0.2) is 18.2 Å². The summed E-state index contributed by atoms with van der Waals surface area (Å²) in [7, 11) is 0. The van der Waals surface area contributed by atoms with Gasteiger partial charge in [0.2, 0.25) is 0 Å². The number of benzene rings is 1. The summed E-state index contributed by atoms with van der Waals surface area (Å²) in [6.45, 7) is 0.266. The van der Waals surface area contributed by atoms with Crippen molar-refractivity contribution in [1.29, 1.82) is 0 Å². The van der Waals surface area contributed by atoms with Crippen LogP contribution >= 0.6 is 0 Å². The second-order valence-corrected chi connectivity index (χ2v) is 7.10. The van der Waals surface area contributed by atoms with Crippen molar-refractivity contribution >= 4 is 17.4 Å². The highest BCUT2D eigenvalue weighted by Gasteiger charge is 2.38. The van der Waals surface area contributed by atoms with E-state index in [1.54, 1.807) is 6.07 Å². The van der Waals surface area contributed by atoms with Gasteiger partial charge < -0.3 is 16.8 Å². The van der Waals surface area contributed by atoms with Crippen LogP contribution in [0, 0.1) is 0 Å². The average molecular weight is 379 g/mol. The van der Waals surface area contributed by atoms with Crippen molar-refractivity contribution in [3.63, 3.8) is 0 Å². The van der Waals surface area contributed by atoms with Crippen LogP contribution in [0.25, 0.3) is 0 Å². The van der Waals surface area contributed by atoms with Crippen LogP contribution in [-0.2, 0) is 19.0 Å². The first-order valence-corrected chi connectivity index (χ1v) is 8.87. The number of anilines is 2. The predicted octanol–water partition coefficient (Wildman–Crippen LogP) is 2.54. The fourth-order valence-corrected chi connectivity index (χ4v) is 3.99. The number of para-hydroxylation sites is 1. The number of nitrogens with zero attached hydrogens (tertiary/aromatic N) is 2.